The Labute approximate surface area is 327 Å². The predicted octanol–water partition coefficient (Wildman–Crippen LogP) is 13.6. The van der Waals surface area contributed by atoms with Gasteiger partial charge in [-0.15, -0.1) is 0 Å². The molecule has 0 aliphatic rings. The molecule has 262 valence electrons. The van der Waals surface area contributed by atoms with Crippen LogP contribution in [-0.2, 0) is 0 Å². The molecule has 0 saturated carbocycles. The number of para-hydroxylation sites is 4. The Bertz CT molecular complexity index is 3580. The summed E-state index contributed by atoms with van der Waals surface area (Å²) in [6.07, 6.45) is 0. The molecule has 6 heteroatoms. The van der Waals surface area contributed by atoms with Gasteiger partial charge in [0.1, 0.15) is 0 Å². The highest BCUT2D eigenvalue weighted by Crippen LogP contribution is 2.41. The van der Waals surface area contributed by atoms with Gasteiger partial charge in [0, 0.05) is 38.5 Å². The maximum atomic E-state index is 10.5. The summed E-state index contributed by atoms with van der Waals surface area (Å²) in [4.78, 5) is 7.52. The molecule has 0 aliphatic carbocycles. The largest absolute Gasteiger partial charge is 0.309 e. The Kier molecular flexibility index (Phi) is 6.95. The summed E-state index contributed by atoms with van der Waals surface area (Å²) in [6.45, 7) is 15.5. The lowest BCUT2D eigenvalue weighted by Gasteiger charge is -2.16. The normalized spacial score (nSPS) is 11.5. The fourth-order valence-corrected chi connectivity index (χ4v) is 8.85. The monoisotopic (exact) mass is 724 g/mol. The van der Waals surface area contributed by atoms with Crippen molar-refractivity contribution in [1.29, 1.82) is 5.26 Å². The van der Waals surface area contributed by atoms with Crippen molar-refractivity contribution in [1.82, 2.24) is 13.7 Å². The quantitative estimate of drug-likeness (QED) is 0.167. The van der Waals surface area contributed by atoms with E-state index in [1.54, 1.807) is 0 Å². The maximum Gasteiger partial charge on any atom is 0.188 e. The smallest absolute Gasteiger partial charge is 0.188 e. The summed E-state index contributed by atoms with van der Waals surface area (Å²) >= 11 is 0. The highest BCUT2D eigenvalue weighted by atomic mass is 15.0. The van der Waals surface area contributed by atoms with Crippen LogP contribution in [0.5, 0.6) is 0 Å². The molecule has 0 unspecified atom stereocenters. The van der Waals surface area contributed by atoms with Crippen molar-refractivity contribution in [3.05, 3.63) is 198 Å². The molecule has 57 heavy (non-hydrogen) atoms. The van der Waals surface area contributed by atoms with Gasteiger partial charge in [0.25, 0.3) is 0 Å². The van der Waals surface area contributed by atoms with Gasteiger partial charge in [0.05, 0.1) is 63.6 Å². The molecule has 11 aromatic rings. The van der Waals surface area contributed by atoms with Crippen LogP contribution < -0.4 is 0 Å². The van der Waals surface area contributed by atoms with Crippen molar-refractivity contribution in [2.45, 2.75) is 0 Å². The number of rotatable bonds is 4. The van der Waals surface area contributed by atoms with Crippen LogP contribution in [0.25, 0.3) is 103 Å². The minimum Gasteiger partial charge on any atom is -0.309 e. The number of hydrogen-bond acceptors (Lipinski definition) is 1. The Morgan fingerprint density at radius 2 is 0.877 bits per heavy atom. The van der Waals surface area contributed by atoms with Gasteiger partial charge in [-0.2, -0.15) is 5.26 Å². The molecule has 0 N–H and O–H groups in total. The molecular formula is C51H28N6. The van der Waals surface area contributed by atoms with Gasteiger partial charge in [-0.1, -0.05) is 84.9 Å². The van der Waals surface area contributed by atoms with Gasteiger partial charge in [0.2, 0.25) is 0 Å². The van der Waals surface area contributed by atoms with Gasteiger partial charge in [-0.25, -0.2) is 9.69 Å². The summed E-state index contributed by atoms with van der Waals surface area (Å²) in [5, 5.41) is 17.0. The number of fused-ring (bicyclic) bond motifs is 9. The first-order chi connectivity index (χ1) is 28.1. The molecule has 0 spiro atoms. The van der Waals surface area contributed by atoms with Crippen molar-refractivity contribution in [2.75, 3.05) is 0 Å². The van der Waals surface area contributed by atoms with E-state index < -0.39 is 0 Å². The Morgan fingerprint density at radius 1 is 0.404 bits per heavy atom. The van der Waals surface area contributed by atoms with E-state index >= 15 is 0 Å². The minimum atomic E-state index is 0.538. The van der Waals surface area contributed by atoms with Crippen LogP contribution in [-0.4, -0.2) is 13.7 Å². The van der Waals surface area contributed by atoms with Crippen LogP contribution in [0.1, 0.15) is 5.56 Å². The molecule has 3 heterocycles. The van der Waals surface area contributed by atoms with Gasteiger partial charge in [0.15, 0.2) is 11.4 Å². The zero-order chi connectivity index (χ0) is 38.2. The zero-order valence-electron chi connectivity index (χ0n) is 30.3. The van der Waals surface area contributed by atoms with Crippen LogP contribution in [0.3, 0.4) is 0 Å². The third kappa shape index (κ3) is 4.74. The van der Waals surface area contributed by atoms with E-state index in [-0.39, 0.29) is 0 Å². The number of hydrogen-bond donors (Lipinski definition) is 0. The zero-order valence-corrected chi connectivity index (χ0v) is 30.3. The molecule has 3 aromatic heterocycles. The molecule has 0 bridgehead atoms. The van der Waals surface area contributed by atoms with E-state index in [2.05, 4.69) is 127 Å². The summed E-state index contributed by atoms with van der Waals surface area (Å²) < 4.78 is 6.79. The first-order valence-electron chi connectivity index (χ1n) is 18.6. The minimum absolute atomic E-state index is 0.538. The van der Waals surface area contributed by atoms with Crippen LogP contribution in [0.4, 0.5) is 11.4 Å². The molecule has 0 radical (unpaired) electrons. The second-order valence-electron chi connectivity index (χ2n) is 14.3. The molecule has 6 nitrogen and oxygen atoms in total. The molecular weight excluding hydrogens is 697 g/mol. The third-order valence-electron chi connectivity index (χ3n) is 11.2. The number of nitrogens with zero attached hydrogens (tertiary/aromatic N) is 6. The molecule has 8 aromatic carbocycles. The number of nitriles is 1. The van der Waals surface area contributed by atoms with Gasteiger partial charge in [-0.05, 0) is 101 Å². The summed E-state index contributed by atoms with van der Waals surface area (Å²) in [5.41, 5.74) is 12.7. The SMILES string of the molecule is [C-]#[N+]c1ccc2c(c1)c1cc(-n3c4ccccc4c4ccccc43)ccc1n2-c1cc(C#N)cc(-c2ccccc2-n2c3ccccc3c3cc([N+]#[C-])ccc32)c1. The van der Waals surface area contributed by atoms with Crippen LogP contribution in [0.15, 0.2) is 170 Å². The average Bonchev–Trinajstić information content (AvgIpc) is 3.91. The molecule has 0 saturated heterocycles. The van der Waals surface area contributed by atoms with Crippen molar-refractivity contribution < 1.29 is 0 Å². The van der Waals surface area contributed by atoms with E-state index in [0.29, 0.717) is 16.9 Å². The molecule has 0 amide bonds. The summed E-state index contributed by atoms with van der Waals surface area (Å²) in [6, 6.07) is 60.4. The third-order valence-corrected chi connectivity index (χ3v) is 11.2. The van der Waals surface area contributed by atoms with Gasteiger partial charge in [-0.3, -0.25) is 0 Å². The lowest BCUT2D eigenvalue weighted by molar-refractivity contribution is 1.16. The van der Waals surface area contributed by atoms with Crippen molar-refractivity contribution in [3.63, 3.8) is 0 Å². The summed E-state index contributed by atoms with van der Waals surface area (Å²) in [7, 11) is 0. The lowest BCUT2D eigenvalue weighted by Crippen LogP contribution is -1.99. The van der Waals surface area contributed by atoms with Crippen LogP contribution in [0, 0.1) is 24.5 Å². The molecule has 0 aliphatic heterocycles. The molecule has 0 atom stereocenters. The van der Waals surface area contributed by atoms with E-state index in [0.717, 1.165) is 82.8 Å². The Morgan fingerprint density at radius 3 is 1.51 bits per heavy atom. The highest BCUT2D eigenvalue weighted by Gasteiger charge is 2.20. The van der Waals surface area contributed by atoms with Gasteiger partial charge < -0.3 is 13.7 Å². The maximum absolute atomic E-state index is 10.5. The molecule has 0 fully saturated rings. The first-order valence-corrected chi connectivity index (χ1v) is 18.6. The second kappa shape index (κ2) is 12.3. The van der Waals surface area contributed by atoms with E-state index in [9.17, 15) is 5.26 Å². The van der Waals surface area contributed by atoms with Crippen LogP contribution >= 0.6 is 0 Å². The Balaban J connectivity index is 1.16. The number of benzene rings is 8. The second-order valence-corrected chi connectivity index (χ2v) is 14.3. The van der Waals surface area contributed by atoms with Crippen molar-refractivity contribution in [2.24, 2.45) is 0 Å². The topological polar surface area (TPSA) is 47.3 Å². The van der Waals surface area contributed by atoms with E-state index in [4.69, 9.17) is 13.1 Å². The summed E-state index contributed by atoms with van der Waals surface area (Å²) in [5.74, 6) is 0. The highest BCUT2D eigenvalue weighted by molar-refractivity contribution is 6.13. The standard InChI is InChI=1S/C51H28N6/c1-53-34-20-23-51-42(28-34)41-14-6-10-18-48(41)57(51)45-15-7-3-11-38(45)33-25-32(31-52)26-37(27-33)56-49-22-19-35(54-2)29-43(49)44-30-36(21-24-50(44)56)55-46-16-8-4-12-39(46)40-13-5-9-17-47(40)55/h3-30H. The lowest BCUT2D eigenvalue weighted by atomic mass is 10.00. The van der Waals surface area contributed by atoms with Crippen molar-refractivity contribution in [3.8, 4) is 34.3 Å². The first kappa shape index (κ1) is 32.1. The van der Waals surface area contributed by atoms with E-state index in [1.165, 1.54) is 10.8 Å². The number of aromatic nitrogens is 3. The Hall–Kier alpha value is -8.37. The van der Waals surface area contributed by atoms with Crippen molar-refractivity contribution >= 4 is 76.8 Å². The fourth-order valence-electron chi connectivity index (χ4n) is 8.85. The molecule has 11 rings (SSSR count). The van der Waals surface area contributed by atoms with E-state index in [1.807, 2.05) is 72.8 Å². The van der Waals surface area contributed by atoms with Gasteiger partial charge >= 0.3 is 0 Å². The average molecular weight is 725 g/mol. The van der Waals surface area contributed by atoms with Crippen LogP contribution in [0.2, 0.25) is 0 Å². The fraction of sp³-hybridized carbons (Fsp3) is 0. The predicted molar refractivity (Wildman–Crippen MR) is 232 cm³/mol.